The monoisotopic (exact) mass is 277 g/mol. The van der Waals surface area contributed by atoms with Crippen LogP contribution in [-0.2, 0) is 0 Å². The molecule has 1 aromatic rings. The number of carbonyl (C=O) groups excluding carboxylic acids is 1. The lowest BCUT2D eigenvalue weighted by molar-refractivity contribution is 0.0684. The predicted octanol–water partition coefficient (Wildman–Crippen LogP) is 3.32. The molecule has 3 N–H and O–H groups in total. The molecule has 112 valence electrons. The highest BCUT2D eigenvalue weighted by molar-refractivity contribution is 5.96. The van der Waals surface area contributed by atoms with Crippen molar-refractivity contribution in [3.63, 3.8) is 0 Å². The van der Waals surface area contributed by atoms with Gasteiger partial charge in [-0.25, -0.2) is 0 Å². The average molecular weight is 277 g/mol. The number of nitrogens with zero attached hydrogens (tertiary/aromatic N) is 1. The van der Waals surface area contributed by atoms with E-state index in [1.54, 1.807) is 0 Å². The van der Waals surface area contributed by atoms with E-state index in [0.29, 0.717) is 0 Å². The summed E-state index contributed by atoms with van der Waals surface area (Å²) < 4.78 is 0. The number of nitrogen functional groups attached to an aromatic ring is 1. The average Bonchev–Trinajstić information content (AvgIpc) is 2.46. The Bertz CT molecular complexity index is 445. The number of hydrazine groups is 1. The van der Waals surface area contributed by atoms with E-state index in [1.807, 2.05) is 30.0 Å². The number of hydrogen-bond donors (Lipinski definition) is 2. The van der Waals surface area contributed by atoms with Crippen LogP contribution in [0.3, 0.4) is 0 Å². The summed E-state index contributed by atoms with van der Waals surface area (Å²) in [5.41, 5.74) is 5.15. The van der Waals surface area contributed by atoms with Crippen LogP contribution in [0.25, 0.3) is 0 Å². The van der Waals surface area contributed by atoms with Crippen LogP contribution in [0.2, 0.25) is 0 Å². The summed E-state index contributed by atoms with van der Waals surface area (Å²) >= 11 is 0. The summed E-state index contributed by atoms with van der Waals surface area (Å²) in [6.45, 7) is 9.14. The molecule has 0 fully saturated rings. The molecule has 0 aliphatic carbocycles. The Balaban J connectivity index is 2.99. The van der Waals surface area contributed by atoms with Crippen LogP contribution in [0.4, 0.5) is 5.69 Å². The van der Waals surface area contributed by atoms with E-state index in [2.05, 4.69) is 26.2 Å². The van der Waals surface area contributed by atoms with Crippen LogP contribution < -0.4 is 11.3 Å². The number of benzene rings is 1. The number of anilines is 1. The molecular weight excluding hydrogens is 250 g/mol. The Morgan fingerprint density at radius 1 is 1.40 bits per heavy atom. The fourth-order valence-electron chi connectivity index (χ4n) is 2.22. The third-order valence-electron chi connectivity index (χ3n) is 3.76. The van der Waals surface area contributed by atoms with Gasteiger partial charge in [0.2, 0.25) is 0 Å². The van der Waals surface area contributed by atoms with Crippen molar-refractivity contribution in [3.8, 4) is 0 Å². The first-order chi connectivity index (χ1) is 9.54. The van der Waals surface area contributed by atoms with Gasteiger partial charge in [-0.2, -0.15) is 0 Å². The van der Waals surface area contributed by atoms with Gasteiger partial charge in [0.25, 0.3) is 5.91 Å². The van der Waals surface area contributed by atoms with Crippen molar-refractivity contribution in [1.29, 1.82) is 0 Å². The van der Waals surface area contributed by atoms with Crippen LogP contribution in [0.15, 0.2) is 18.2 Å². The van der Waals surface area contributed by atoms with E-state index < -0.39 is 0 Å². The molecule has 4 heteroatoms. The largest absolute Gasteiger partial charge is 0.336 e. The number of nitrogens with one attached hydrogen (secondary N) is 1. The van der Waals surface area contributed by atoms with E-state index >= 15 is 0 Å². The van der Waals surface area contributed by atoms with Crippen molar-refractivity contribution < 1.29 is 4.79 Å². The topological polar surface area (TPSA) is 58.4 Å². The van der Waals surface area contributed by atoms with E-state index in [-0.39, 0.29) is 11.9 Å². The molecule has 1 rings (SSSR count). The first-order valence-corrected chi connectivity index (χ1v) is 7.43. The third-order valence-corrected chi connectivity index (χ3v) is 3.76. The molecule has 0 radical (unpaired) electrons. The Hall–Kier alpha value is -1.55. The lowest BCUT2D eigenvalue weighted by Crippen LogP contribution is -2.39. The highest BCUT2D eigenvalue weighted by Crippen LogP contribution is 2.18. The number of nitrogens with two attached hydrogens (primary N) is 1. The van der Waals surface area contributed by atoms with Gasteiger partial charge in [0, 0.05) is 23.8 Å². The van der Waals surface area contributed by atoms with Gasteiger partial charge < -0.3 is 10.3 Å². The molecule has 0 saturated heterocycles. The summed E-state index contributed by atoms with van der Waals surface area (Å²) in [6.07, 6.45) is 3.10. The van der Waals surface area contributed by atoms with Gasteiger partial charge in [-0.3, -0.25) is 10.6 Å². The summed E-state index contributed by atoms with van der Waals surface area (Å²) in [7, 11) is 0. The van der Waals surface area contributed by atoms with Crippen molar-refractivity contribution >= 4 is 11.6 Å². The summed E-state index contributed by atoms with van der Waals surface area (Å²) in [5.74, 6) is 5.51. The normalized spacial score (nSPS) is 12.1. The van der Waals surface area contributed by atoms with Crippen LogP contribution in [0, 0.1) is 6.92 Å². The van der Waals surface area contributed by atoms with Crippen LogP contribution >= 0.6 is 0 Å². The van der Waals surface area contributed by atoms with Gasteiger partial charge in [0.1, 0.15) is 0 Å². The van der Waals surface area contributed by atoms with Crippen molar-refractivity contribution in [2.45, 2.75) is 53.0 Å². The van der Waals surface area contributed by atoms with E-state index in [0.717, 1.165) is 42.6 Å². The van der Waals surface area contributed by atoms with Crippen molar-refractivity contribution in [1.82, 2.24) is 4.90 Å². The fraction of sp³-hybridized carbons (Fsp3) is 0.562. The quantitative estimate of drug-likeness (QED) is 0.594. The van der Waals surface area contributed by atoms with Crippen molar-refractivity contribution in [2.75, 3.05) is 12.0 Å². The first-order valence-electron chi connectivity index (χ1n) is 7.43. The predicted molar refractivity (Wildman–Crippen MR) is 84.7 cm³/mol. The maximum atomic E-state index is 12.7. The lowest BCUT2D eigenvalue weighted by Gasteiger charge is -2.29. The zero-order chi connectivity index (χ0) is 15.1. The maximum absolute atomic E-state index is 12.7. The molecule has 0 bridgehead atoms. The molecule has 1 atom stereocenters. The number of amides is 1. The molecule has 0 saturated carbocycles. The van der Waals surface area contributed by atoms with E-state index in [4.69, 9.17) is 5.84 Å². The lowest BCUT2D eigenvalue weighted by atomic mass is 10.0. The highest BCUT2D eigenvalue weighted by atomic mass is 16.2. The zero-order valence-corrected chi connectivity index (χ0v) is 13.1. The van der Waals surface area contributed by atoms with Gasteiger partial charge in [-0.15, -0.1) is 0 Å². The Kier molecular flexibility index (Phi) is 6.52. The molecule has 1 unspecified atom stereocenters. The van der Waals surface area contributed by atoms with Crippen LogP contribution in [0.5, 0.6) is 0 Å². The Morgan fingerprint density at radius 2 is 2.10 bits per heavy atom. The molecule has 0 aliphatic heterocycles. The summed E-state index contributed by atoms with van der Waals surface area (Å²) in [5, 5.41) is 0. The fourth-order valence-corrected chi connectivity index (χ4v) is 2.22. The SMILES string of the molecule is CCCCN(C(=O)c1ccc(NN)cc1C)C(C)CC. The maximum Gasteiger partial charge on any atom is 0.254 e. The van der Waals surface area contributed by atoms with Gasteiger partial charge >= 0.3 is 0 Å². The minimum atomic E-state index is 0.119. The van der Waals surface area contributed by atoms with E-state index in [1.165, 1.54) is 0 Å². The molecular formula is C16H27N3O. The molecule has 0 heterocycles. The number of aryl methyl sites for hydroxylation is 1. The molecule has 0 aromatic heterocycles. The Labute approximate surface area is 122 Å². The smallest absolute Gasteiger partial charge is 0.254 e. The van der Waals surface area contributed by atoms with Crippen LogP contribution in [0.1, 0.15) is 56.0 Å². The zero-order valence-electron chi connectivity index (χ0n) is 13.1. The number of hydrogen-bond acceptors (Lipinski definition) is 3. The molecule has 20 heavy (non-hydrogen) atoms. The number of carbonyl (C=O) groups is 1. The standard InChI is InChI=1S/C16H27N3O/c1-5-7-10-19(13(4)6-2)16(20)15-9-8-14(18-17)11-12(15)3/h8-9,11,13,18H,5-7,10,17H2,1-4H3. The minimum absolute atomic E-state index is 0.119. The Morgan fingerprint density at radius 3 is 2.60 bits per heavy atom. The van der Waals surface area contributed by atoms with Gasteiger partial charge in [0.15, 0.2) is 0 Å². The molecule has 4 nitrogen and oxygen atoms in total. The third kappa shape index (κ3) is 3.97. The highest BCUT2D eigenvalue weighted by Gasteiger charge is 2.21. The van der Waals surface area contributed by atoms with Crippen LogP contribution in [-0.4, -0.2) is 23.4 Å². The molecule has 1 amide bonds. The van der Waals surface area contributed by atoms with Gasteiger partial charge in [-0.05, 0) is 50.5 Å². The molecule has 0 aliphatic rings. The minimum Gasteiger partial charge on any atom is -0.336 e. The second-order valence-corrected chi connectivity index (χ2v) is 5.28. The van der Waals surface area contributed by atoms with Gasteiger partial charge in [0.05, 0.1) is 0 Å². The first kappa shape index (κ1) is 16.5. The van der Waals surface area contributed by atoms with E-state index in [9.17, 15) is 4.79 Å². The number of rotatable bonds is 7. The molecule has 1 aromatic carbocycles. The van der Waals surface area contributed by atoms with Gasteiger partial charge in [-0.1, -0.05) is 20.3 Å². The molecule has 0 spiro atoms. The summed E-state index contributed by atoms with van der Waals surface area (Å²) in [4.78, 5) is 14.7. The second kappa shape index (κ2) is 7.90. The second-order valence-electron chi connectivity index (χ2n) is 5.28. The van der Waals surface area contributed by atoms with Crippen molar-refractivity contribution in [3.05, 3.63) is 29.3 Å². The van der Waals surface area contributed by atoms with Crippen molar-refractivity contribution in [2.24, 2.45) is 5.84 Å². The number of unbranched alkanes of at least 4 members (excludes halogenated alkanes) is 1. The summed E-state index contributed by atoms with van der Waals surface area (Å²) in [6, 6.07) is 5.87.